The molecule has 64 heavy (non-hydrogen) atoms. The van der Waals surface area contributed by atoms with E-state index in [1.165, 1.54) is 24.8 Å². The Bertz CT molecular complexity index is 2180. The van der Waals surface area contributed by atoms with Crippen LogP contribution in [0.4, 0.5) is 17.5 Å². The fourth-order valence-corrected chi connectivity index (χ4v) is 11.7. The number of unbranched alkanes of at least 4 members (excludes halogenated alkanes) is 5. The Morgan fingerprint density at radius 1 is 0.906 bits per heavy atom. The molecule has 1 aromatic carbocycles. The summed E-state index contributed by atoms with van der Waals surface area (Å²) in [5, 5.41) is 18.9. The van der Waals surface area contributed by atoms with Crippen molar-refractivity contribution in [2.75, 3.05) is 60.6 Å². The smallest absolute Gasteiger partial charge is 0.255 e. The van der Waals surface area contributed by atoms with Crippen molar-refractivity contribution < 1.29 is 28.8 Å². The molecule has 4 fully saturated rings. The number of anilines is 3. The molecular formula is C47H62N10O6S. The molecule has 342 valence electrons. The molecular weight excluding hydrogens is 833 g/mol. The van der Waals surface area contributed by atoms with E-state index in [0.717, 1.165) is 114 Å². The first-order chi connectivity index (χ1) is 31.1. The highest BCUT2D eigenvalue weighted by molar-refractivity contribution is 7.91. The molecule has 9 rings (SSSR count). The van der Waals surface area contributed by atoms with Gasteiger partial charge in [0.15, 0.2) is 5.82 Å². The highest BCUT2D eigenvalue weighted by Crippen LogP contribution is 2.40. The van der Waals surface area contributed by atoms with Gasteiger partial charge in [-0.2, -0.15) is 4.98 Å². The van der Waals surface area contributed by atoms with Crippen molar-refractivity contribution in [1.29, 1.82) is 0 Å². The number of imide groups is 1. The van der Waals surface area contributed by atoms with E-state index in [2.05, 4.69) is 47.9 Å². The molecule has 0 spiro atoms. The first kappa shape index (κ1) is 44.5. The Kier molecular flexibility index (Phi) is 13.8. The van der Waals surface area contributed by atoms with Gasteiger partial charge in [0.2, 0.25) is 28.6 Å². The van der Waals surface area contributed by atoms with Crippen molar-refractivity contribution in [1.82, 2.24) is 35.1 Å². The van der Waals surface area contributed by atoms with E-state index in [4.69, 9.17) is 9.97 Å². The quantitative estimate of drug-likeness (QED) is 0.0805. The number of likely N-dealkylation sites (tertiary alicyclic amines) is 1. The van der Waals surface area contributed by atoms with Crippen molar-refractivity contribution in [2.45, 2.75) is 144 Å². The lowest BCUT2D eigenvalue weighted by Crippen LogP contribution is -2.52. The molecule has 1 unspecified atom stereocenters. The molecule has 6 aliphatic rings. The molecule has 0 radical (unpaired) electrons. The van der Waals surface area contributed by atoms with Gasteiger partial charge in [-0.3, -0.25) is 24.5 Å². The van der Waals surface area contributed by atoms with Crippen LogP contribution in [0.25, 0.3) is 0 Å². The van der Waals surface area contributed by atoms with Gasteiger partial charge in [-0.05, 0) is 118 Å². The number of aryl methyl sites for hydroxylation is 1. The summed E-state index contributed by atoms with van der Waals surface area (Å²) in [6, 6.07) is 5.60. The van der Waals surface area contributed by atoms with Crippen molar-refractivity contribution in [3.63, 3.8) is 0 Å². The van der Waals surface area contributed by atoms with Crippen molar-refractivity contribution >= 4 is 52.3 Å². The van der Waals surface area contributed by atoms with Gasteiger partial charge >= 0.3 is 0 Å². The van der Waals surface area contributed by atoms with E-state index in [-0.39, 0.29) is 48.1 Å². The van der Waals surface area contributed by atoms with E-state index >= 15 is 0 Å². The third-order valence-electron chi connectivity index (χ3n) is 14.5. The van der Waals surface area contributed by atoms with Crippen LogP contribution < -0.4 is 20.9 Å². The SMILES string of the molecule is O=C1CCC(N2Cc3cc(C4CCN(CCCCCCCCC(=O)Nc5cnc(C6CCN(c7nc8c(c(NC9(CO)CCC9)n7)[S@+]([O-])CC8)CC6)nc5)CC4)ccc3C2=O)C(=O)N1. The number of aromatic nitrogens is 4. The van der Waals surface area contributed by atoms with Gasteiger partial charge in [0.05, 0.1) is 30.2 Å². The molecule has 1 aliphatic carbocycles. The lowest BCUT2D eigenvalue weighted by molar-refractivity contribution is -0.137. The van der Waals surface area contributed by atoms with Crippen LogP contribution in [0.1, 0.15) is 148 Å². The summed E-state index contributed by atoms with van der Waals surface area (Å²) in [6.07, 6.45) is 18.4. The van der Waals surface area contributed by atoms with Crippen LogP contribution in [0.5, 0.6) is 0 Å². The van der Waals surface area contributed by atoms with Crippen LogP contribution in [-0.4, -0.2) is 120 Å². The standard InChI is InChI=1S/C47H62N10O6S/c58-30-47(18-7-19-47)54-43-41-37(17-25-64(41)63)51-46(53-43)56-23-15-32(16-24-56)42-48-27-35(28-49-42)50-39(59)8-5-3-1-2-4-6-20-55-21-13-31(14-22-55)33-9-10-36-34(26-33)29-57(45(36)62)38-11-12-40(60)52-44(38)61/h9-10,26-28,31-32,38,58H,1-8,11-25,29-30H2,(H,50,59)(H,51,53,54)(H,52,60,61)/t38?,64-/m1/s1. The van der Waals surface area contributed by atoms with Gasteiger partial charge in [0, 0.05) is 50.4 Å². The van der Waals surface area contributed by atoms with E-state index in [1.807, 2.05) is 6.07 Å². The van der Waals surface area contributed by atoms with Crippen molar-refractivity contribution in [3.05, 3.63) is 58.8 Å². The van der Waals surface area contributed by atoms with E-state index in [0.29, 0.717) is 65.4 Å². The Hall–Kier alpha value is -4.71. The molecule has 1 saturated carbocycles. The van der Waals surface area contributed by atoms with Crippen LogP contribution in [-0.2, 0) is 38.5 Å². The third kappa shape index (κ3) is 9.92. The maximum absolute atomic E-state index is 13.1. The second kappa shape index (κ2) is 19.8. The zero-order chi connectivity index (χ0) is 44.2. The molecule has 7 heterocycles. The summed E-state index contributed by atoms with van der Waals surface area (Å²) >= 11 is -1.13. The minimum atomic E-state index is -1.13. The number of piperidine rings is 3. The normalized spacial score (nSPS) is 22.6. The Labute approximate surface area is 378 Å². The number of hydrogen-bond donors (Lipinski definition) is 4. The summed E-state index contributed by atoms with van der Waals surface area (Å²) in [6.45, 7) is 5.18. The highest BCUT2D eigenvalue weighted by atomic mass is 32.2. The molecule has 3 aromatic rings. The molecule has 2 aromatic heterocycles. The average molecular weight is 895 g/mol. The zero-order valence-electron chi connectivity index (χ0n) is 36.8. The lowest BCUT2D eigenvalue weighted by Gasteiger charge is -2.41. The second-order valence-corrected chi connectivity index (χ2v) is 20.3. The van der Waals surface area contributed by atoms with Crippen LogP contribution in [0.2, 0.25) is 0 Å². The van der Waals surface area contributed by atoms with E-state index in [9.17, 15) is 28.8 Å². The number of amides is 4. The van der Waals surface area contributed by atoms with Crippen LogP contribution in [0.3, 0.4) is 0 Å². The Balaban J connectivity index is 0.629. The average Bonchev–Trinajstić information content (AvgIpc) is 3.84. The van der Waals surface area contributed by atoms with Crippen molar-refractivity contribution in [3.8, 4) is 0 Å². The fourth-order valence-electron chi connectivity index (χ4n) is 10.4. The number of aliphatic hydroxyl groups is 1. The molecule has 17 heteroatoms. The van der Waals surface area contributed by atoms with Gasteiger partial charge in [-0.25, -0.2) is 15.0 Å². The predicted octanol–water partition coefficient (Wildman–Crippen LogP) is 4.95. The van der Waals surface area contributed by atoms with Gasteiger partial charge < -0.3 is 35.0 Å². The monoisotopic (exact) mass is 894 g/mol. The number of hydrogen-bond acceptors (Lipinski definition) is 13. The second-order valence-electron chi connectivity index (χ2n) is 18.8. The van der Waals surface area contributed by atoms with Crippen molar-refractivity contribution in [2.24, 2.45) is 0 Å². The summed E-state index contributed by atoms with van der Waals surface area (Å²) in [4.78, 5) is 75.9. The number of nitrogens with zero attached hydrogens (tertiary/aromatic N) is 7. The third-order valence-corrected chi connectivity index (χ3v) is 16.0. The maximum atomic E-state index is 13.1. The predicted molar refractivity (Wildman–Crippen MR) is 242 cm³/mol. The number of rotatable bonds is 17. The van der Waals surface area contributed by atoms with E-state index < -0.39 is 17.2 Å². The number of nitrogens with one attached hydrogen (secondary N) is 3. The molecule has 0 bridgehead atoms. The fraction of sp³-hybridized carbons (Fsp3) is 0.617. The first-order valence-corrected chi connectivity index (χ1v) is 25.0. The van der Waals surface area contributed by atoms with Crippen LogP contribution >= 0.6 is 0 Å². The maximum Gasteiger partial charge on any atom is 0.255 e. The number of aliphatic hydroxyl groups excluding tert-OH is 1. The first-order valence-electron chi connectivity index (χ1n) is 23.7. The summed E-state index contributed by atoms with van der Waals surface area (Å²) in [7, 11) is 0. The Morgan fingerprint density at radius 3 is 2.36 bits per heavy atom. The number of fused-ring (bicyclic) bond motifs is 2. The summed E-state index contributed by atoms with van der Waals surface area (Å²) in [5.74, 6) is 2.48. The topological polar surface area (TPSA) is 209 Å². The lowest BCUT2D eigenvalue weighted by atomic mass is 9.77. The molecule has 2 atom stereocenters. The number of carbonyl (C=O) groups excluding carboxylic acids is 4. The summed E-state index contributed by atoms with van der Waals surface area (Å²) in [5.41, 5.74) is 4.00. The van der Waals surface area contributed by atoms with Gasteiger partial charge in [-0.1, -0.05) is 37.8 Å². The highest BCUT2D eigenvalue weighted by Gasteiger charge is 2.42. The largest absolute Gasteiger partial charge is 0.611 e. The minimum absolute atomic E-state index is 0.00936. The molecule has 3 saturated heterocycles. The summed E-state index contributed by atoms with van der Waals surface area (Å²) < 4.78 is 12.8. The van der Waals surface area contributed by atoms with Crippen LogP contribution in [0, 0.1) is 0 Å². The minimum Gasteiger partial charge on any atom is -0.611 e. The zero-order valence-corrected chi connectivity index (χ0v) is 37.6. The number of benzene rings is 1. The molecule has 4 amide bonds. The molecule has 16 nitrogen and oxygen atoms in total. The Morgan fingerprint density at radius 2 is 1.64 bits per heavy atom. The van der Waals surface area contributed by atoms with Crippen LogP contribution in [0.15, 0.2) is 35.5 Å². The molecule has 5 aliphatic heterocycles. The van der Waals surface area contributed by atoms with Gasteiger partial charge in [0.1, 0.15) is 23.3 Å². The van der Waals surface area contributed by atoms with E-state index in [1.54, 1.807) is 17.3 Å². The van der Waals surface area contributed by atoms with Gasteiger partial charge in [0.25, 0.3) is 5.91 Å². The van der Waals surface area contributed by atoms with Gasteiger partial charge in [-0.15, -0.1) is 0 Å². The molecule has 4 N–H and O–H groups in total. The number of carbonyl (C=O) groups is 4.